The van der Waals surface area contributed by atoms with Crippen LogP contribution in [0.1, 0.15) is 0 Å². The second-order valence-corrected chi connectivity index (χ2v) is 7.18. The molecule has 1 rings (SSSR count). The molecule has 0 aromatic heterocycles. The summed E-state index contributed by atoms with van der Waals surface area (Å²) in [4.78, 5) is 0. The summed E-state index contributed by atoms with van der Waals surface area (Å²) in [6.07, 6.45) is -4.55. The summed E-state index contributed by atoms with van der Waals surface area (Å²) < 4.78 is 21.1. The van der Waals surface area contributed by atoms with Crippen LogP contribution in [0.15, 0.2) is 0 Å². The van der Waals surface area contributed by atoms with E-state index in [2.05, 4.69) is 9.05 Å². The Bertz CT molecular complexity index is 100. The van der Waals surface area contributed by atoms with E-state index < -0.39 is 6.07 Å². The van der Waals surface area contributed by atoms with Crippen molar-refractivity contribution in [3.63, 3.8) is 0 Å². The average molecular weight is 181 g/mol. The third kappa shape index (κ3) is 1.67. The van der Waals surface area contributed by atoms with Crippen molar-refractivity contribution in [2.75, 3.05) is 13.2 Å². The third-order valence-electron chi connectivity index (χ3n) is 0.664. The van der Waals surface area contributed by atoms with Gasteiger partial charge in [-0.2, -0.15) is 0 Å². The summed E-state index contributed by atoms with van der Waals surface area (Å²) in [7, 11) is 0. The van der Waals surface area contributed by atoms with E-state index in [1.54, 1.807) is 0 Å². The minimum atomic E-state index is -4.55. The first kappa shape index (κ1) is 6.97. The van der Waals surface area contributed by atoms with Crippen molar-refractivity contribution in [3.8, 4) is 0 Å². The number of halogens is 3. The van der Waals surface area contributed by atoms with Gasteiger partial charge in [0.05, 0.1) is 0 Å². The molecule has 0 aromatic carbocycles. The Morgan fingerprint density at radius 3 is 1.75 bits per heavy atom. The summed E-state index contributed by atoms with van der Waals surface area (Å²) >= 11 is 10.0. The molecule has 50 valence electrons. The van der Waals surface area contributed by atoms with Crippen molar-refractivity contribution < 1.29 is 13.2 Å². The number of rotatable bonds is 0. The van der Waals surface area contributed by atoms with Crippen LogP contribution in [-0.4, -0.2) is 13.2 Å². The first-order chi connectivity index (χ1) is 3.47. The van der Waals surface area contributed by atoms with Crippen molar-refractivity contribution in [1.29, 1.82) is 0 Å². The maximum atomic E-state index is 12.5. The van der Waals surface area contributed by atoms with E-state index in [4.69, 9.17) is 22.5 Å². The van der Waals surface area contributed by atoms with Gasteiger partial charge in [-0.25, -0.2) is 0 Å². The molecule has 0 amide bonds. The first-order valence-electron chi connectivity index (χ1n) is 1.95. The predicted molar refractivity (Wildman–Crippen MR) is 31.6 cm³/mol. The van der Waals surface area contributed by atoms with Crippen LogP contribution in [0.25, 0.3) is 0 Å². The monoisotopic (exact) mass is 180 g/mol. The van der Waals surface area contributed by atoms with E-state index in [9.17, 15) is 4.20 Å². The zero-order valence-corrected chi connectivity index (χ0v) is 6.22. The molecule has 0 N–H and O–H groups in total. The molecule has 1 aliphatic heterocycles. The van der Waals surface area contributed by atoms with Crippen LogP contribution in [0.5, 0.6) is 0 Å². The Morgan fingerprint density at radius 1 is 1.25 bits per heavy atom. The summed E-state index contributed by atoms with van der Waals surface area (Å²) in [5, 5.41) is 0. The average Bonchev–Trinajstić information content (AvgIpc) is 1.81. The van der Waals surface area contributed by atoms with Crippen molar-refractivity contribution in [2.24, 2.45) is 0 Å². The molecule has 0 spiro atoms. The van der Waals surface area contributed by atoms with Gasteiger partial charge in [0.15, 0.2) is 0 Å². The standard InChI is InChI=1S/C2H4Cl2FO2P/c3-8(4,5)6-1-2-7-8/h1-2H2. The van der Waals surface area contributed by atoms with E-state index in [1.165, 1.54) is 0 Å². The van der Waals surface area contributed by atoms with Crippen LogP contribution in [0.4, 0.5) is 4.20 Å². The van der Waals surface area contributed by atoms with Crippen LogP contribution < -0.4 is 0 Å². The van der Waals surface area contributed by atoms with Gasteiger partial charge in [0.1, 0.15) is 0 Å². The Hall–Kier alpha value is 0.860. The Balaban J connectivity index is 2.67. The van der Waals surface area contributed by atoms with Gasteiger partial charge in [-0.1, -0.05) is 0 Å². The normalized spacial score (nSPS) is 38.1. The molecular formula is C2H4Cl2FO2P. The summed E-state index contributed by atoms with van der Waals surface area (Å²) in [5.41, 5.74) is 0. The molecule has 0 atom stereocenters. The van der Waals surface area contributed by atoms with Crippen LogP contribution in [0.3, 0.4) is 0 Å². The second kappa shape index (κ2) is 1.68. The molecule has 0 aliphatic carbocycles. The quantitative estimate of drug-likeness (QED) is 0.534. The van der Waals surface area contributed by atoms with Gasteiger partial charge >= 0.3 is 55.0 Å². The molecule has 2 nitrogen and oxygen atoms in total. The third-order valence-corrected chi connectivity index (χ3v) is 3.00. The fourth-order valence-corrected chi connectivity index (χ4v) is 2.01. The van der Waals surface area contributed by atoms with E-state index in [1.807, 2.05) is 0 Å². The van der Waals surface area contributed by atoms with E-state index in [0.29, 0.717) is 0 Å². The molecule has 1 fully saturated rings. The molecular weight excluding hydrogens is 177 g/mol. The molecule has 8 heavy (non-hydrogen) atoms. The molecule has 1 saturated heterocycles. The van der Waals surface area contributed by atoms with Gasteiger partial charge in [0, 0.05) is 0 Å². The zero-order valence-electron chi connectivity index (χ0n) is 3.81. The molecule has 0 unspecified atom stereocenters. The SMILES string of the molecule is FP1(Cl)(Cl)OCCO1. The van der Waals surface area contributed by atoms with Crippen LogP contribution in [0.2, 0.25) is 0 Å². The van der Waals surface area contributed by atoms with Crippen LogP contribution in [-0.2, 0) is 9.05 Å². The van der Waals surface area contributed by atoms with E-state index in [-0.39, 0.29) is 13.2 Å². The summed E-state index contributed by atoms with van der Waals surface area (Å²) in [6, 6.07) is 0. The predicted octanol–water partition coefficient (Wildman–Crippen LogP) is 2.61. The van der Waals surface area contributed by atoms with Gasteiger partial charge < -0.3 is 0 Å². The first-order valence-corrected chi connectivity index (χ1v) is 5.72. The van der Waals surface area contributed by atoms with Crippen molar-refractivity contribution in [1.82, 2.24) is 0 Å². The molecule has 0 bridgehead atoms. The molecule has 0 aromatic rings. The summed E-state index contributed by atoms with van der Waals surface area (Å²) in [5.74, 6) is 0. The van der Waals surface area contributed by atoms with Crippen LogP contribution in [0, 0.1) is 0 Å². The van der Waals surface area contributed by atoms with E-state index >= 15 is 0 Å². The van der Waals surface area contributed by atoms with Gasteiger partial charge in [-0.3, -0.25) is 0 Å². The summed E-state index contributed by atoms with van der Waals surface area (Å²) in [6.45, 7) is 0.280. The van der Waals surface area contributed by atoms with Crippen molar-refractivity contribution in [2.45, 2.75) is 0 Å². The van der Waals surface area contributed by atoms with Gasteiger partial charge in [-0.15, -0.1) is 0 Å². The number of hydrogen-bond donors (Lipinski definition) is 0. The topological polar surface area (TPSA) is 18.5 Å². The molecule has 0 radical (unpaired) electrons. The molecule has 0 saturated carbocycles. The van der Waals surface area contributed by atoms with Crippen LogP contribution >= 0.6 is 28.6 Å². The molecule has 1 aliphatic rings. The number of hydrogen-bond acceptors (Lipinski definition) is 2. The van der Waals surface area contributed by atoms with Crippen molar-refractivity contribution >= 4 is 28.6 Å². The maximum absolute atomic E-state index is 12.5. The van der Waals surface area contributed by atoms with E-state index in [0.717, 1.165) is 0 Å². The molecule has 6 heteroatoms. The zero-order chi connectivity index (χ0) is 6.28. The Kier molecular flexibility index (Phi) is 1.46. The van der Waals surface area contributed by atoms with Gasteiger partial charge in [0.25, 0.3) is 0 Å². The van der Waals surface area contributed by atoms with Gasteiger partial charge in [0.2, 0.25) is 0 Å². The van der Waals surface area contributed by atoms with Crippen molar-refractivity contribution in [3.05, 3.63) is 0 Å². The second-order valence-electron chi connectivity index (χ2n) is 1.35. The Labute approximate surface area is 55.6 Å². The molecule has 1 heterocycles. The Morgan fingerprint density at radius 2 is 1.62 bits per heavy atom. The minimum absolute atomic E-state index is 0.140. The fourth-order valence-electron chi connectivity index (χ4n) is 0.393. The van der Waals surface area contributed by atoms with Gasteiger partial charge in [-0.05, 0) is 0 Å². The fraction of sp³-hybridized carbons (Fsp3) is 1.00.